The van der Waals surface area contributed by atoms with Crippen LogP contribution >= 0.6 is 0 Å². The quantitative estimate of drug-likeness (QED) is 0.0624. The molecule has 7 heteroatoms. The first kappa shape index (κ1) is 37.2. The number of cyclic esters (lactones) is 1. The Kier molecular flexibility index (Phi) is 19.9. The lowest BCUT2D eigenvalue weighted by Crippen LogP contribution is -2.31. The van der Waals surface area contributed by atoms with Gasteiger partial charge in [-0.3, -0.25) is 0 Å². The van der Waals surface area contributed by atoms with Crippen molar-refractivity contribution in [3.63, 3.8) is 0 Å². The number of aliphatic hydroxyl groups is 4. The molecule has 0 aromatic rings. The second-order valence-corrected chi connectivity index (χ2v) is 13.1. The number of hydrogen-bond acceptors (Lipinski definition) is 7. The minimum Gasteiger partial charge on any atom is -0.455 e. The summed E-state index contributed by atoms with van der Waals surface area (Å²) in [7, 11) is 0. The summed E-state index contributed by atoms with van der Waals surface area (Å²) in [6.45, 7) is 4.07. The van der Waals surface area contributed by atoms with Crippen molar-refractivity contribution in [2.45, 2.75) is 204 Å². The summed E-state index contributed by atoms with van der Waals surface area (Å²) >= 11 is 0. The molecule has 7 atom stereocenters. The first-order valence-corrected chi connectivity index (χ1v) is 17.6. The number of ether oxygens (including phenoxy) is 2. The van der Waals surface area contributed by atoms with Crippen LogP contribution in [0.5, 0.6) is 0 Å². The molecule has 1 saturated heterocycles. The number of aliphatic hydroxyl groups excluding tert-OH is 4. The molecule has 2 aliphatic heterocycles. The van der Waals surface area contributed by atoms with Gasteiger partial charge in [-0.1, -0.05) is 103 Å². The van der Waals surface area contributed by atoms with Crippen LogP contribution < -0.4 is 0 Å². The summed E-state index contributed by atoms with van der Waals surface area (Å²) in [4.78, 5) is 11.7. The molecule has 2 rings (SSSR count). The van der Waals surface area contributed by atoms with E-state index in [2.05, 4.69) is 6.92 Å². The predicted octanol–water partition coefficient (Wildman–Crippen LogP) is 7.06. The van der Waals surface area contributed by atoms with Gasteiger partial charge in [-0.25, -0.2) is 4.79 Å². The fourth-order valence-electron chi connectivity index (χ4n) is 6.40. The molecule has 0 unspecified atom stereocenters. The first-order valence-electron chi connectivity index (χ1n) is 17.6. The van der Waals surface area contributed by atoms with Gasteiger partial charge in [0.15, 0.2) is 0 Å². The molecule has 0 aromatic carbocycles. The van der Waals surface area contributed by atoms with Gasteiger partial charge in [0.25, 0.3) is 0 Å². The highest BCUT2D eigenvalue weighted by atomic mass is 16.5. The minimum absolute atomic E-state index is 0.168. The minimum atomic E-state index is -0.781. The second-order valence-electron chi connectivity index (χ2n) is 13.1. The number of carbonyl (C=O) groups is 1. The van der Waals surface area contributed by atoms with Crippen molar-refractivity contribution in [2.75, 3.05) is 0 Å². The van der Waals surface area contributed by atoms with Gasteiger partial charge in [-0.2, -0.15) is 0 Å². The number of esters is 1. The fourth-order valence-corrected chi connectivity index (χ4v) is 6.40. The van der Waals surface area contributed by atoms with Crippen molar-refractivity contribution in [3.8, 4) is 0 Å². The molecule has 4 N–H and O–H groups in total. The third-order valence-corrected chi connectivity index (χ3v) is 9.14. The van der Waals surface area contributed by atoms with Crippen LogP contribution in [0.4, 0.5) is 0 Å². The van der Waals surface area contributed by atoms with Crippen LogP contribution in [-0.2, 0) is 14.3 Å². The highest BCUT2D eigenvalue weighted by molar-refractivity contribution is 5.90. The molecule has 2 aliphatic rings. The smallest absolute Gasteiger partial charge is 0.334 e. The summed E-state index contributed by atoms with van der Waals surface area (Å²) in [5.41, 5.74) is 0.600. The largest absolute Gasteiger partial charge is 0.455 e. The maximum atomic E-state index is 11.7. The molecule has 2 heterocycles. The Bertz CT molecular complexity index is 726. The van der Waals surface area contributed by atoms with Crippen LogP contribution in [0.25, 0.3) is 0 Å². The van der Waals surface area contributed by atoms with Crippen molar-refractivity contribution in [2.24, 2.45) is 0 Å². The molecule has 1 fully saturated rings. The highest BCUT2D eigenvalue weighted by Crippen LogP contribution is 2.28. The summed E-state index contributed by atoms with van der Waals surface area (Å²) in [6, 6.07) is 0. The predicted molar refractivity (Wildman–Crippen MR) is 168 cm³/mol. The van der Waals surface area contributed by atoms with Crippen molar-refractivity contribution in [1.29, 1.82) is 0 Å². The van der Waals surface area contributed by atoms with E-state index in [4.69, 9.17) is 9.47 Å². The maximum Gasteiger partial charge on any atom is 0.334 e. The van der Waals surface area contributed by atoms with Crippen molar-refractivity contribution in [1.82, 2.24) is 0 Å². The molecule has 0 saturated carbocycles. The van der Waals surface area contributed by atoms with Crippen LogP contribution in [-0.4, -0.2) is 69.1 Å². The van der Waals surface area contributed by atoms with E-state index in [-0.39, 0.29) is 24.3 Å². The SMILES string of the molecule is CCCCCCCCCCCC[C@@H](O)[C@H](O)CC[C@@H](O)[C@@H]1CC[C@H](CCCCCCC[C@H](O)CC2=C[C@@H](C)OC2=O)O1. The van der Waals surface area contributed by atoms with Gasteiger partial charge in [-0.05, 0) is 57.9 Å². The summed E-state index contributed by atoms with van der Waals surface area (Å²) in [5, 5.41) is 41.6. The van der Waals surface area contributed by atoms with Gasteiger partial charge in [0.2, 0.25) is 0 Å². The Hall–Kier alpha value is -0.990. The molecule has 0 aromatic heterocycles. The Labute approximate surface area is 256 Å². The third-order valence-electron chi connectivity index (χ3n) is 9.14. The summed E-state index contributed by atoms with van der Waals surface area (Å²) in [5.74, 6) is -0.295. The van der Waals surface area contributed by atoms with Crippen molar-refractivity contribution >= 4 is 5.97 Å². The zero-order valence-electron chi connectivity index (χ0n) is 26.9. The average molecular weight is 597 g/mol. The molecular weight excluding hydrogens is 532 g/mol. The summed E-state index contributed by atoms with van der Waals surface area (Å²) < 4.78 is 11.2. The standard InChI is InChI=1S/C35H64O7/c1-3-4-5-6-7-8-9-10-14-17-20-31(37)32(38)22-23-33(39)34-24-21-30(42-34)19-16-13-11-12-15-18-29(36)26-28-25-27(2)41-35(28)40/h25,27,29-34,36-39H,3-24,26H2,1-2H3/t27-,29+,30+,31-,32-,33-,34+/m1/s1. The molecule has 0 aliphatic carbocycles. The van der Waals surface area contributed by atoms with Crippen LogP contribution in [0.15, 0.2) is 11.6 Å². The molecule has 0 radical (unpaired) electrons. The van der Waals surface area contributed by atoms with Gasteiger partial charge >= 0.3 is 5.97 Å². The fraction of sp³-hybridized carbons (Fsp3) is 0.914. The molecule has 0 spiro atoms. The monoisotopic (exact) mass is 596 g/mol. The molecule has 246 valence electrons. The van der Waals surface area contributed by atoms with E-state index < -0.39 is 24.4 Å². The zero-order valence-corrected chi connectivity index (χ0v) is 26.9. The topological polar surface area (TPSA) is 116 Å². The van der Waals surface area contributed by atoms with Gasteiger partial charge < -0.3 is 29.9 Å². The number of carbonyl (C=O) groups excluding carboxylic acids is 1. The first-order chi connectivity index (χ1) is 20.3. The van der Waals surface area contributed by atoms with Crippen molar-refractivity contribution in [3.05, 3.63) is 11.6 Å². The van der Waals surface area contributed by atoms with Gasteiger partial charge in [0.1, 0.15) is 6.10 Å². The molecular formula is C35H64O7. The highest BCUT2D eigenvalue weighted by Gasteiger charge is 2.31. The lowest BCUT2D eigenvalue weighted by molar-refractivity contribution is -0.139. The van der Waals surface area contributed by atoms with E-state index in [0.29, 0.717) is 37.7 Å². The molecule has 7 nitrogen and oxygen atoms in total. The number of rotatable bonds is 26. The Balaban J connectivity index is 1.42. The number of unbranched alkanes of at least 4 members (excludes halogenated alkanes) is 13. The zero-order chi connectivity index (χ0) is 30.6. The van der Waals surface area contributed by atoms with Crippen LogP contribution in [0.3, 0.4) is 0 Å². The van der Waals surface area contributed by atoms with Gasteiger partial charge in [-0.15, -0.1) is 0 Å². The van der Waals surface area contributed by atoms with Gasteiger partial charge in [0.05, 0.1) is 36.6 Å². The van der Waals surface area contributed by atoms with E-state index in [1.54, 1.807) is 6.08 Å². The third kappa shape index (κ3) is 16.2. The van der Waals surface area contributed by atoms with Gasteiger partial charge in [0, 0.05) is 12.0 Å². The second kappa shape index (κ2) is 22.5. The normalized spacial score (nSPS) is 23.5. The Morgan fingerprint density at radius 2 is 1.31 bits per heavy atom. The average Bonchev–Trinajstić information content (AvgIpc) is 3.57. The van der Waals surface area contributed by atoms with Crippen LogP contribution in [0, 0.1) is 0 Å². The molecule has 0 amide bonds. The Morgan fingerprint density at radius 3 is 1.93 bits per heavy atom. The van der Waals surface area contributed by atoms with E-state index in [1.807, 2.05) is 6.92 Å². The van der Waals surface area contributed by atoms with Crippen molar-refractivity contribution < 1.29 is 34.7 Å². The lowest BCUT2D eigenvalue weighted by atomic mass is 9.97. The lowest BCUT2D eigenvalue weighted by Gasteiger charge is -2.22. The molecule has 0 bridgehead atoms. The Morgan fingerprint density at radius 1 is 0.738 bits per heavy atom. The number of hydrogen-bond donors (Lipinski definition) is 4. The van der Waals surface area contributed by atoms with E-state index in [0.717, 1.165) is 64.2 Å². The summed E-state index contributed by atoms with van der Waals surface area (Å²) in [6.07, 6.45) is 22.4. The van der Waals surface area contributed by atoms with Crippen LogP contribution in [0.2, 0.25) is 0 Å². The van der Waals surface area contributed by atoms with Crippen LogP contribution in [0.1, 0.15) is 162 Å². The van der Waals surface area contributed by atoms with E-state index in [1.165, 1.54) is 51.4 Å². The van der Waals surface area contributed by atoms with E-state index in [9.17, 15) is 25.2 Å². The maximum absolute atomic E-state index is 11.7. The molecule has 42 heavy (non-hydrogen) atoms. The van der Waals surface area contributed by atoms with E-state index >= 15 is 0 Å².